The van der Waals surface area contributed by atoms with Gasteiger partial charge in [0, 0.05) is 6.04 Å². The molecule has 1 atom stereocenters. The van der Waals surface area contributed by atoms with Crippen molar-refractivity contribution in [2.45, 2.75) is 52.0 Å². The molecular formula is C10H17NO2S2. The van der Waals surface area contributed by atoms with E-state index in [1.54, 1.807) is 0 Å². The average Bonchev–Trinajstić information content (AvgIpc) is 2.53. The summed E-state index contributed by atoms with van der Waals surface area (Å²) >= 11 is 0. The van der Waals surface area contributed by atoms with Crippen LogP contribution in [0.4, 0.5) is 0 Å². The van der Waals surface area contributed by atoms with E-state index in [2.05, 4.69) is 6.92 Å². The molecule has 0 aliphatic rings. The molecule has 0 aromatic carbocycles. The number of hydrogen-bond acceptors (Lipinski definition) is 4. The van der Waals surface area contributed by atoms with Gasteiger partial charge in [0.15, 0.2) is 0 Å². The van der Waals surface area contributed by atoms with Gasteiger partial charge in [0.25, 0.3) is 0 Å². The first-order valence-electron chi connectivity index (χ1n) is 5.38. The van der Waals surface area contributed by atoms with Gasteiger partial charge in [-0.2, -0.15) is 0 Å². The molecule has 0 fully saturated rings. The van der Waals surface area contributed by atoms with Crippen LogP contribution in [0.1, 0.15) is 52.0 Å². The zero-order chi connectivity index (χ0) is 11.3. The third kappa shape index (κ3) is 3.57. The first-order chi connectivity index (χ1) is 7.16. The van der Waals surface area contributed by atoms with Crippen molar-refractivity contribution >= 4 is 20.7 Å². The quantitative estimate of drug-likeness (QED) is 0.573. The van der Waals surface area contributed by atoms with Gasteiger partial charge in [0.05, 0.1) is 0 Å². The van der Waals surface area contributed by atoms with Crippen molar-refractivity contribution in [1.82, 2.24) is 4.57 Å². The molecule has 0 N–H and O–H groups in total. The van der Waals surface area contributed by atoms with Gasteiger partial charge in [-0.15, -0.1) is 0 Å². The fourth-order valence-electron chi connectivity index (χ4n) is 1.58. The van der Waals surface area contributed by atoms with Crippen molar-refractivity contribution in [3.63, 3.8) is 0 Å². The molecule has 0 aliphatic heterocycles. The van der Waals surface area contributed by atoms with Crippen LogP contribution < -0.4 is 9.75 Å². The molecule has 1 aromatic heterocycles. The molecular weight excluding hydrogens is 230 g/mol. The average molecular weight is 247 g/mol. The Bertz CT molecular complexity index is 363. The van der Waals surface area contributed by atoms with E-state index in [1.165, 1.54) is 23.8 Å². The Labute approximate surface area is 96.8 Å². The maximum Gasteiger partial charge on any atom is 0.320 e. The third-order valence-corrected chi connectivity index (χ3v) is 4.36. The summed E-state index contributed by atoms with van der Waals surface area (Å²) in [6.45, 7) is 4.12. The Morgan fingerprint density at radius 3 is 2.27 bits per heavy atom. The van der Waals surface area contributed by atoms with Crippen LogP contribution in [-0.2, 0) is 0 Å². The van der Waals surface area contributed by atoms with Crippen LogP contribution in [0, 0.1) is 0 Å². The summed E-state index contributed by atoms with van der Waals surface area (Å²) in [4.78, 5) is 22.5. The molecule has 0 spiro atoms. The second-order valence-corrected chi connectivity index (χ2v) is 5.80. The van der Waals surface area contributed by atoms with Crippen LogP contribution in [0.2, 0.25) is 0 Å². The lowest BCUT2D eigenvalue weighted by Gasteiger charge is -2.09. The Morgan fingerprint density at radius 1 is 1.13 bits per heavy atom. The highest BCUT2D eigenvalue weighted by Crippen LogP contribution is 2.13. The SMILES string of the molecule is CCCCCC[C@@H](C)n1c(=O)ssc1=O. The fourth-order valence-corrected chi connectivity index (χ4v) is 3.38. The van der Waals surface area contributed by atoms with E-state index in [9.17, 15) is 9.59 Å². The van der Waals surface area contributed by atoms with Crippen molar-refractivity contribution in [3.8, 4) is 0 Å². The molecule has 86 valence electrons. The third-order valence-electron chi connectivity index (χ3n) is 2.49. The summed E-state index contributed by atoms with van der Waals surface area (Å²) in [5.41, 5.74) is 0. The molecule has 1 rings (SSSR count). The second-order valence-electron chi connectivity index (χ2n) is 3.77. The van der Waals surface area contributed by atoms with Gasteiger partial charge < -0.3 is 0 Å². The van der Waals surface area contributed by atoms with E-state index in [-0.39, 0.29) is 15.8 Å². The molecule has 0 saturated heterocycles. The summed E-state index contributed by atoms with van der Waals surface area (Å²) in [6.07, 6.45) is 5.66. The summed E-state index contributed by atoms with van der Waals surface area (Å²) in [5.74, 6) is 0. The minimum absolute atomic E-state index is 0.0596. The first kappa shape index (κ1) is 12.6. The molecule has 15 heavy (non-hydrogen) atoms. The molecule has 0 amide bonds. The topological polar surface area (TPSA) is 39.1 Å². The lowest BCUT2D eigenvalue weighted by atomic mass is 10.1. The van der Waals surface area contributed by atoms with E-state index in [0.717, 1.165) is 33.5 Å². The second kappa shape index (κ2) is 6.23. The highest BCUT2D eigenvalue weighted by Gasteiger charge is 2.11. The predicted octanol–water partition coefficient (Wildman–Crippen LogP) is 2.86. The summed E-state index contributed by atoms with van der Waals surface area (Å²) in [7, 11) is 2.08. The first-order valence-corrected chi connectivity index (χ1v) is 7.53. The normalized spacial score (nSPS) is 12.9. The van der Waals surface area contributed by atoms with Gasteiger partial charge in [-0.1, -0.05) is 32.6 Å². The van der Waals surface area contributed by atoms with Crippen LogP contribution in [-0.4, -0.2) is 4.57 Å². The van der Waals surface area contributed by atoms with Crippen molar-refractivity contribution in [2.24, 2.45) is 0 Å². The van der Waals surface area contributed by atoms with Crippen molar-refractivity contribution in [2.75, 3.05) is 0 Å². The van der Waals surface area contributed by atoms with E-state index in [1.807, 2.05) is 6.92 Å². The minimum atomic E-state index is -0.104. The zero-order valence-electron chi connectivity index (χ0n) is 9.19. The monoisotopic (exact) mass is 247 g/mol. The van der Waals surface area contributed by atoms with Gasteiger partial charge in [-0.25, -0.2) is 0 Å². The Morgan fingerprint density at radius 2 is 1.73 bits per heavy atom. The Balaban J connectivity index is 2.50. The maximum absolute atomic E-state index is 11.4. The highest BCUT2D eigenvalue weighted by atomic mass is 32.9. The lowest BCUT2D eigenvalue weighted by molar-refractivity contribution is 0.461. The van der Waals surface area contributed by atoms with Crippen molar-refractivity contribution in [1.29, 1.82) is 0 Å². The molecule has 1 aromatic rings. The standard InChI is InChI=1S/C10H17NO2S2/c1-3-4-5-6-7-8(2)11-9(12)14-15-10(11)13/h8H,3-7H2,1-2H3/t8-/m1/s1. The van der Waals surface area contributed by atoms with Gasteiger partial charge >= 0.3 is 9.75 Å². The summed E-state index contributed by atoms with van der Waals surface area (Å²) in [5, 5.41) is 0. The molecule has 0 bridgehead atoms. The van der Waals surface area contributed by atoms with E-state index < -0.39 is 0 Å². The molecule has 0 unspecified atom stereocenters. The van der Waals surface area contributed by atoms with Gasteiger partial charge in [0.2, 0.25) is 0 Å². The molecule has 3 nitrogen and oxygen atoms in total. The van der Waals surface area contributed by atoms with Crippen LogP contribution in [0.25, 0.3) is 0 Å². The molecule has 5 heteroatoms. The van der Waals surface area contributed by atoms with Crippen LogP contribution in [0.5, 0.6) is 0 Å². The van der Waals surface area contributed by atoms with Crippen molar-refractivity contribution < 1.29 is 0 Å². The fraction of sp³-hybridized carbons (Fsp3) is 0.800. The number of unbranched alkanes of at least 4 members (excludes halogenated alkanes) is 3. The van der Waals surface area contributed by atoms with Crippen LogP contribution in [0.3, 0.4) is 0 Å². The summed E-state index contributed by atoms with van der Waals surface area (Å²) in [6, 6.07) is 0.0596. The lowest BCUT2D eigenvalue weighted by Crippen LogP contribution is -2.27. The number of aromatic nitrogens is 1. The molecule has 1 heterocycles. The molecule has 0 radical (unpaired) electrons. The van der Waals surface area contributed by atoms with E-state index in [0.29, 0.717) is 0 Å². The number of hydrogen-bond donors (Lipinski definition) is 0. The van der Waals surface area contributed by atoms with Crippen molar-refractivity contribution in [3.05, 3.63) is 19.3 Å². The summed E-state index contributed by atoms with van der Waals surface area (Å²) < 4.78 is 1.39. The minimum Gasteiger partial charge on any atom is -0.256 e. The largest absolute Gasteiger partial charge is 0.320 e. The van der Waals surface area contributed by atoms with Crippen LogP contribution in [0.15, 0.2) is 9.59 Å². The number of rotatable bonds is 6. The van der Waals surface area contributed by atoms with Gasteiger partial charge in [-0.05, 0) is 34.0 Å². The van der Waals surface area contributed by atoms with E-state index >= 15 is 0 Å². The van der Waals surface area contributed by atoms with Gasteiger partial charge in [0.1, 0.15) is 0 Å². The maximum atomic E-state index is 11.4. The Hall–Kier alpha value is -0.420. The number of nitrogens with zero attached hydrogens (tertiary/aromatic N) is 1. The van der Waals surface area contributed by atoms with E-state index in [4.69, 9.17) is 0 Å². The Kier molecular flexibility index (Phi) is 5.25. The predicted molar refractivity (Wildman–Crippen MR) is 66.2 cm³/mol. The van der Waals surface area contributed by atoms with Gasteiger partial charge in [-0.3, -0.25) is 14.2 Å². The molecule has 0 aliphatic carbocycles. The van der Waals surface area contributed by atoms with Crippen LogP contribution >= 0.6 is 20.7 Å². The molecule has 0 saturated carbocycles. The smallest absolute Gasteiger partial charge is 0.256 e. The highest BCUT2D eigenvalue weighted by molar-refractivity contribution is 7.67. The zero-order valence-corrected chi connectivity index (χ0v) is 10.8.